The summed E-state index contributed by atoms with van der Waals surface area (Å²) < 4.78 is 0. The van der Waals surface area contributed by atoms with Gasteiger partial charge in [0, 0.05) is 32.1 Å². The van der Waals surface area contributed by atoms with Crippen LogP contribution in [0, 0.1) is 29.6 Å². The topological polar surface area (TPSA) is 486 Å². The Hall–Kier alpha value is -7.78. The van der Waals surface area contributed by atoms with E-state index < -0.39 is 119 Å². The highest BCUT2D eigenvalue weighted by molar-refractivity contribution is 5.98. The second-order valence-electron chi connectivity index (χ2n) is 24.0. The molecule has 10 amide bonds. The molecule has 0 aliphatic rings. The molecule has 1 aromatic rings. The van der Waals surface area contributed by atoms with Crippen molar-refractivity contribution in [3.05, 3.63) is 29.8 Å². The minimum Gasteiger partial charge on any atom is -0.399 e. The molecule has 0 heterocycles. The quantitative estimate of drug-likeness (QED) is 0.0158. The van der Waals surface area contributed by atoms with Crippen LogP contribution in [0.3, 0.4) is 0 Å². The number of benzene rings is 1. The summed E-state index contributed by atoms with van der Waals surface area (Å²) in [7, 11) is 0. The fourth-order valence-electron chi connectivity index (χ4n) is 9.16. The number of hydrogen-bond donors (Lipinski definition) is 16. The molecular weight excluding hydrogens is 1110 g/mol. The van der Waals surface area contributed by atoms with Crippen molar-refractivity contribution in [2.24, 2.45) is 74.0 Å². The van der Waals surface area contributed by atoms with Gasteiger partial charge in [-0.3, -0.25) is 57.9 Å². The monoisotopic (exact) mass is 1210 g/mol. The lowest BCUT2D eigenvalue weighted by Gasteiger charge is -2.30. The molecule has 86 heavy (non-hydrogen) atoms. The number of hydrogen-bond acceptors (Lipinski definition) is 14. The van der Waals surface area contributed by atoms with Gasteiger partial charge in [0.2, 0.25) is 59.1 Å². The number of primary amides is 1. The van der Waals surface area contributed by atoms with Crippen molar-refractivity contribution in [1.29, 1.82) is 0 Å². The van der Waals surface area contributed by atoms with Gasteiger partial charge in [0.15, 0.2) is 11.9 Å². The summed E-state index contributed by atoms with van der Waals surface area (Å²) in [4.78, 5) is 146. The molecular formula is C58H104N18O10. The number of nitrogens with zero attached hydrogens (tertiary/aromatic N) is 2. The highest BCUT2D eigenvalue weighted by Crippen LogP contribution is 2.16. The van der Waals surface area contributed by atoms with Crippen LogP contribution in [0.15, 0.2) is 34.3 Å². The first-order valence-corrected chi connectivity index (χ1v) is 29.9. The second kappa shape index (κ2) is 39.8. The molecule has 0 spiro atoms. The average Bonchev–Trinajstić information content (AvgIpc) is 2.42. The molecule has 1 aromatic carbocycles. The Balaban J connectivity index is 3.62. The Morgan fingerprint density at radius 3 is 1.05 bits per heavy atom. The summed E-state index contributed by atoms with van der Waals surface area (Å²) >= 11 is 0. The summed E-state index contributed by atoms with van der Waals surface area (Å²) in [5.41, 5.74) is 40.7. The highest BCUT2D eigenvalue weighted by atomic mass is 16.2. The van der Waals surface area contributed by atoms with Crippen LogP contribution in [-0.4, -0.2) is 145 Å². The van der Waals surface area contributed by atoms with E-state index in [1.54, 1.807) is 38.1 Å². The average molecular weight is 1210 g/mol. The highest BCUT2D eigenvalue weighted by Gasteiger charge is 2.36. The van der Waals surface area contributed by atoms with Crippen LogP contribution in [0.1, 0.15) is 152 Å². The Kier molecular flexibility index (Phi) is 35.2. The maximum absolute atomic E-state index is 14.5. The summed E-state index contributed by atoms with van der Waals surface area (Å²) in [6.07, 6.45) is 1.95. The Labute approximate surface area is 507 Å². The SMILES string of the molecule is CC(=O)N[C@@H](CC(C)C)C(=O)N[C@@H](CC(C)C)C(=O)N[C@@H](CC(C)C)C(=O)N[C@@H](CC(C)C)C(=O)N[C@@H](CCCN=C(N)N)C(=O)N[C@H](C(=O)N[C@@H](CCCCN)C(=O)N[C@@H](CCCN=C(N)N)C(=O)N[C@@H](Cc1ccc(N)cc1)C(N)=O)C(C)C. The number of unbranched alkanes of at least 4 members (excludes halogenated alkanes) is 1. The number of aliphatic imine (C=N–C) groups is 2. The zero-order chi connectivity index (χ0) is 65.4. The van der Waals surface area contributed by atoms with Gasteiger partial charge in [0.05, 0.1) is 0 Å². The van der Waals surface area contributed by atoms with Gasteiger partial charge >= 0.3 is 0 Å². The molecule has 0 unspecified atom stereocenters. The van der Waals surface area contributed by atoms with E-state index in [1.165, 1.54) is 6.92 Å². The van der Waals surface area contributed by atoms with Crippen molar-refractivity contribution in [1.82, 2.24) is 47.9 Å². The number of amides is 10. The zero-order valence-corrected chi connectivity index (χ0v) is 52.5. The lowest BCUT2D eigenvalue weighted by atomic mass is 9.97. The second-order valence-corrected chi connectivity index (χ2v) is 24.0. The number of guanidine groups is 2. The number of nitrogens with two attached hydrogens (primary N) is 7. The minimum atomic E-state index is -1.34. The summed E-state index contributed by atoms with van der Waals surface area (Å²) in [6, 6.07) is -4.20. The molecule has 0 saturated carbocycles. The molecule has 28 heteroatoms. The van der Waals surface area contributed by atoms with Crippen LogP contribution in [-0.2, 0) is 54.4 Å². The van der Waals surface area contributed by atoms with Crippen LogP contribution >= 0.6 is 0 Å². The van der Waals surface area contributed by atoms with Crippen molar-refractivity contribution in [2.45, 2.75) is 208 Å². The lowest BCUT2D eigenvalue weighted by molar-refractivity contribution is -0.136. The zero-order valence-electron chi connectivity index (χ0n) is 52.5. The Morgan fingerprint density at radius 2 is 0.721 bits per heavy atom. The number of rotatable bonds is 41. The van der Waals surface area contributed by atoms with Gasteiger partial charge < -0.3 is 88.0 Å². The molecule has 0 bridgehead atoms. The van der Waals surface area contributed by atoms with E-state index in [-0.39, 0.29) is 113 Å². The van der Waals surface area contributed by atoms with Crippen molar-refractivity contribution in [3.63, 3.8) is 0 Å². The van der Waals surface area contributed by atoms with Crippen LogP contribution in [0.25, 0.3) is 0 Å². The molecule has 0 fully saturated rings. The molecule has 0 aliphatic carbocycles. The van der Waals surface area contributed by atoms with Gasteiger partial charge in [-0.05, 0) is 124 Å². The van der Waals surface area contributed by atoms with E-state index >= 15 is 0 Å². The lowest BCUT2D eigenvalue weighted by Crippen LogP contribution is -2.61. The molecule has 23 N–H and O–H groups in total. The van der Waals surface area contributed by atoms with E-state index in [9.17, 15) is 47.9 Å². The van der Waals surface area contributed by atoms with E-state index in [0.717, 1.165) is 0 Å². The molecule has 0 radical (unpaired) electrons. The number of nitrogens with one attached hydrogen (secondary N) is 9. The van der Waals surface area contributed by atoms with Gasteiger partial charge in [-0.1, -0.05) is 81.4 Å². The van der Waals surface area contributed by atoms with Crippen molar-refractivity contribution in [3.8, 4) is 0 Å². The predicted octanol–water partition coefficient (Wildman–Crippen LogP) is -1.24. The first-order valence-electron chi connectivity index (χ1n) is 29.9. The largest absolute Gasteiger partial charge is 0.399 e. The maximum atomic E-state index is 14.5. The smallest absolute Gasteiger partial charge is 0.243 e. The fraction of sp³-hybridized carbons (Fsp3) is 0.690. The molecule has 9 atom stereocenters. The van der Waals surface area contributed by atoms with Gasteiger partial charge in [0.1, 0.15) is 54.4 Å². The van der Waals surface area contributed by atoms with Crippen LogP contribution in [0.5, 0.6) is 0 Å². The van der Waals surface area contributed by atoms with Crippen molar-refractivity contribution in [2.75, 3.05) is 25.4 Å². The number of carbonyl (C=O) groups excluding carboxylic acids is 10. The summed E-state index contributed by atoms with van der Waals surface area (Å²) in [6.45, 7) is 19.9. The van der Waals surface area contributed by atoms with Crippen LogP contribution < -0.4 is 88.0 Å². The molecule has 486 valence electrons. The fourth-order valence-corrected chi connectivity index (χ4v) is 9.16. The first kappa shape index (κ1) is 76.2. The maximum Gasteiger partial charge on any atom is 0.243 e. The Morgan fingerprint density at radius 1 is 0.407 bits per heavy atom. The predicted molar refractivity (Wildman–Crippen MR) is 332 cm³/mol. The van der Waals surface area contributed by atoms with Crippen molar-refractivity contribution >= 4 is 76.7 Å². The van der Waals surface area contributed by atoms with Gasteiger partial charge in [0.25, 0.3) is 0 Å². The van der Waals surface area contributed by atoms with E-state index in [0.29, 0.717) is 30.5 Å². The normalized spacial score (nSPS) is 14.4. The van der Waals surface area contributed by atoms with Gasteiger partial charge in [-0.2, -0.15) is 0 Å². The summed E-state index contributed by atoms with van der Waals surface area (Å²) in [5, 5.41) is 24.7. The van der Waals surface area contributed by atoms with Crippen LogP contribution in [0.2, 0.25) is 0 Å². The van der Waals surface area contributed by atoms with E-state index in [2.05, 4.69) is 57.8 Å². The Bertz CT molecular complexity index is 2410. The third-order valence-electron chi connectivity index (χ3n) is 13.5. The number of anilines is 1. The van der Waals surface area contributed by atoms with Crippen molar-refractivity contribution < 1.29 is 47.9 Å². The number of carbonyl (C=O) groups is 10. The first-order chi connectivity index (χ1) is 40.2. The minimum absolute atomic E-state index is 0.00911. The standard InChI is InChI=1S/C58H104N18O10/c1-31(2)26-43(68-36(11)77)52(82)73-45(28-33(5)6)54(84)75-46(29-34(7)8)55(85)74-44(27-32(3)4)53(83)70-41(18-15-25-67-58(64)65)51(81)76-47(35(9)10)56(86)71-39(16-12-13-23-59)49(79)69-40(17-14-24-66-57(62)63)50(80)72-42(48(61)78)30-37-19-21-38(60)22-20-37/h19-22,31-35,39-47H,12-18,23-30,59-60H2,1-11H3,(H2,61,78)(H,68,77)(H,69,79)(H,70,83)(H,71,86)(H,72,80)(H,73,82)(H,74,85)(H,75,84)(H,76,81)(H4,62,63,66)(H4,64,65,67)/t39-,40-,41-,42-,43-,44-,45-,46-,47-/m0/s1. The summed E-state index contributed by atoms with van der Waals surface area (Å²) in [5.74, 6) is -8.37. The third-order valence-corrected chi connectivity index (χ3v) is 13.5. The molecule has 1 rings (SSSR count). The van der Waals surface area contributed by atoms with Gasteiger partial charge in [-0.15, -0.1) is 0 Å². The number of nitrogen functional groups attached to an aromatic ring is 1. The van der Waals surface area contributed by atoms with E-state index in [1.807, 2.05) is 55.4 Å². The molecule has 0 aromatic heterocycles. The van der Waals surface area contributed by atoms with E-state index in [4.69, 9.17) is 40.1 Å². The molecule has 0 aliphatic heterocycles. The third kappa shape index (κ3) is 31.4. The molecule has 0 saturated heterocycles. The van der Waals surface area contributed by atoms with Gasteiger partial charge in [-0.25, -0.2) is 0 Å². The van der Waals surface area contributed by atoms with Crippen LogP contribution in [0.4, 0.5) is 5.69 Å². The molecule has 28 nitrogen and oxygen atoms in total.